The largest absolute Gasteiger partial charge is 0.370 e. The second-order valence-electron chi connectivity index (χ2n) is 4.88. The minimum absolute atomic E-state index is 0.0771. The fraction of sp³-hybridized carbons (Fsp3) is 0.692. The topological polar surface area (TPSA) is 21.3 Å². The number of hydrogen-bond donors (Lipinski definition) is 1. The average Bonchev–Trinajstić information content (AvgIpc) is 2.67. The van der Waals surface area contributed by atoms with E-state index in [9.17, 15) is 17.6 Å². The van der Waals surface area contributed by atoms with Gasteiger partial charge in [-0.2, -0.15) is 8.78 Å². The maximum Gasteiger partial charge on any atom is 0.330 e. The van der Waals surface area contributed by atoms with Gasteiger partial charge in [0.05, 0.1) is 6.61 Å². The van der Waals surface area contributed by atoms with E-state index < -0.39 is 19.0 Å². The third-order valence-corrected chi connectivity index (χ3v) is 3.72. The Hall–Kier alpha value is -0.660. The molecule has 116 valence electrons. The molecule has 0 bridgehead atoms. The van der Waals surface area contributed by atoms with Crippen LogP contribution in [0.25, 0.3) is 0 Å². The number of aryl methyl sites for hydroxylation is 1. The first-order valence-electron chi connectivity index (χ1n) is 6.27. The van der Waals surface area contributed by atoms with Gasteiger partial charge in [-0.25, -0.2) is 8.78 Å². The van der Waals surface area contributed by atoms with Crippen molar-refractivity contribution in [3.63, 3.8) is 0 Å². The molecule has 0 aliphatic carbocycles. The third kappa shape index (κ3) is 5.38. The van der Waals surface area contributed by atoms with Gasteiger partial charge in [-0.15, -0.1) is 11.3 Å². The van der Waals surface area contributed by atoms with Crippen LogP contribution in [0.15, 0.2) is 6.07 Å². The van der Waals surface area contributed by atoms with E-state index in [1.54, 1.807) is 11.3 Å². The Morgan fingerprint density at radius 2 is 2.00 bits per heavy atom. The van der Waals surface area contributed by atoms with Crippen molar-refractivity contribution >= 4 is 11.3 Å². The number of ether oxygens (including phenoxy) is 1. The van der Waals surface area contributed by atoms with Crippen LogP contribution in [-0.4, -0.2) is 25.0 Å². The highest BCUT2D eigenvalue weighted by atomic mass is 32.1. The molecule has 0 spiro atoms. The maximum absolute atomic E-state index is 12.7. The van der Waals surface area contributed by atoms with Crippen LogP contribution < -0.4 is 5.32 Å². The Morgan fingerprint density at radius 3 is 2.55 bits per heavy atom. The van der Waals surface area contributed by atoms with Crippen molar-refractivity contribution in [1.29, 1.82) is 0 Å². The van der Waals surface area contributed by atoms with Crippen LogP contribution in [0.1, 0.15) is 29.2 Å². The first-order chi connectivity index (χ1) is 9.22. The molecule has 0 saturated carbocycles. The molecular formula is C13H19F4NOS. The van der Waals surface area contributed by atoms with E-state index in [0.29, 0.717) is 12.6 Å². The normalized spacial score (nSPS) is 12.7. The molecule has 0 aliphatic heterocycles. The summed E-state index contributed by atoms with van der Waals surface area (Å²) in [6.07, 6.45) is -3.70. The first-order valence-corrected chi connectivity index (χ1v) is 7.09. The number of rotatable bonds is 8. The smallest absolute Gasteiger partial charge is 0.330 e. The molecule has 0 saturated heterocycles. The number of thiophene rings is 1. The summed E-state index contributed by atoms with van der Waals surface area (Å²) in [5.41, 5.74) is 0.764. The monoisotopic (exact) mass is 313 g/mol. The third-order valence-electron chi connectivity index (χ3n) is 2.63. The van der Waals surface area contributed by atoms with Gasteiger partial charge >= 0.3 is 12.3 Å². The molecule has 0 radical (unpaired) electrons. The molecule has 2 nitrogen and oxygen atoms in total. The predicted molar refractivity (Wildman–Crippen MR) is 71.6 cm³/mol. The highest BCUT2D eigenvalue weighted by Gasteiger charge is 2.40. The molecule has 0 fully saturated rings. The lowest BCUT2D eigenvalue weighted by Gasteiger charge is -2.14. The van der Waals surface area contributed by atoms with Crippen LogP contribution in [0.3, 0.4) is 0 Å². The molecule has 1 aromatic rings. The highest BCUT2D eigenvalue weighted by Crippen LogP contribution is 2.25. The molecule has 1 heterocycles. The molecule has 0 aromatic carbocycles. The summed E-state index contributed by atoms with van der Waals surface area (Å²) in [5.74, 6) is -4.09. The van der Waals surface area contributed by atoms with Gasteiger partial charge in [0, 0.05) is 22.3 Å². The van der Waals surface area contributed by atoms with Crippen molar-refractivity contribution in [1.82, 2.24) is 5.32 Å². The summed E-state index contributed by atoms with van der Waals surface area (Å²) >= 11 is 1.54. The molecule has 20 heavy (non-hydrogen) atoms. The van der Waals surface area contributed by atoms with E-state index in [4.69, 9.17) is 4.74 Å². The fourth-order valence-electron chi connectivity index (χ4n) is 1.48. The summed E-state index contributed by atoms with van der Waals surface area (Å²) in [6, 6.07) is 2.21. The second kappa shape index (κ2) is 7.38. The van der Waals surface area contributed by atoms with E-state index in [1.165, 1.54) is 0 Å². The molecule has 0 unspecified atom stereocenters. The summed E-state index contributed by atoms with van der Waals surface area (Å²) in [4.78, 5) is 2.02. The molecule has 1 aromatic heterocycles. The highest BCUT2D eigenvalue weighted by molar-refractivity contribution is 7.12. The van der Waals surface area contributed by atoms with Gasteiger partial charge in [0.15, 0.2) is 0 Å². The van der Waals surface area contributed by atoms with Gasteiger partial charge in [-0.1, -0.05) is 13.8 Å². The number of halogens is 4. The minimum atomic E-state index is -4.09. The van der Waals surface area contributed by atoms with Gasteiger partial charge < -0.3 is 10.1 Å². The van der Waals surface area contributed by atoms with E-state index >= 15 is 0 Å². The van der Waals surface area contributed by atoms with Crippen LogP contribution in [0.4, 0.5) is 17.6 Å². The number of hydrogen-bond acceptors (Lipinski definition) is 3. The zero-order chi connectivity index (χ0) is 15.3. The Balaban J connectivity index is 2.48. The molecule has 0 atom stereocenters. The minimum Gasteiger partial charge on any atom is -0.370 e. The number of nitrogens with one attached hydrogen (secondary N) is 1. The maximum atomic E-state index is 12.7. The lowest BCUT2D eigenvalue weighted by atomic mass is 10.2. The Kier molecular flexibility index (Phi) is 6.42. The molecule has 7 heteroatoms. The fourth-order valence-corrected chi connectivity index (χ4v) is 2.48. The lowest BCUT2D eigenvalue weighted by molar-refractivity contribution is -0.168. The Bertz CT molecular complexity index is 421. The summed E-state index contributed by atoms with van der Waals surface area (Å²) in [7, 11) is 0. The summed E-state index contributed by atoms with van der Waals surface area (Å²) < 4.78 is 54.0. The van der Waals surface area contributed by atoms with Crippen molar-refractivity contribution in [2.75, 3.05) is 6.61 Å². The van der Waals surface area contributed by atoms with Crippen molar-refractivity contribution < 1.29 is 22.3 Å². The van der Waals surface area contributed by atoms with Crippen LogP contribution in [-0.2, 0) is 17.9 Å². The second-order valence-corrected chi connectivity index (χ2v) is 6.23. The zero-order valence-electron chi connectivity index (χ0n) is 11.7. The summed E-state index contributed by atoms with van der Waals surface area (Å²) in [5, 5.41) is 3.25. The van der Waals surface area contributed by atoms with Crippen LogP contribution in [0.2, 0.25) is 0 Å². The van der Waals surface area contributed by atoms with Gasteiger partial charge in [-0.05, 0) is 18.6 Å². The van der Waals surface area contributed by atoms with Crippen LogP contribution in [0.5, 0.6) is 0 Å². The van der Waals surface area contributed by atoms with E-state index in [-0.39, 0.29) is 6.61 Å². The lowest BCUT2D eigenvalue weighted by Crippen LogP contribution is -2.32. The Labute approximate surface area is 120 Å². The van der Waals surface area contributed by atoms with Crippen LogP contribution >= 0.6 is 11.3 Å². The molecular weight excluding hydrogens is 294 g/mol. The predicted octanol–water partition coefficient (Wildman–Crippen LogP) is 3.97. The van der Waals surface area contributed by atoms with Crippen molar-refractivity contribution in [2.24, 2.45) is 0 Å². The van der Waals surface area contributed by atoms with Crippen molar-refractivity contribution in [2.45, 2.75) is 52.3 Å². The molecule has 0 amide bonds. The summed E-state index contributed by atoms with van der Waals surface area (Å²) in [6.45, 7) is 5.25. The quantitative estimate of drug-likeness (QED) is 0.733. The van der Waals surface area contributed by atoms with Gasteiger partial charge in [0.2, 0.25) is 0 Å². The number of alkyl halides is 4. The van der Waals surface area contributed by atoms with E-state index in [1.807, 2.05) is 26.8 Å². The average molecular weight is 313 g/mol. The van der Waals surface area contributed by atoms with Gasteiger partial charge in [-0.3, -0.25) is 0 Å². The zero-order valence-corrected chi connectivity index (χ0v) is 12.5. The molecule has 1 rings (SSSR count). The SMILES string of the molecule is Cc1sc(CNC(C)C)cc1COCC(F)(F)C(F)F. The Morgan fingerprint density at radius 1 is 1.35 bits per heavy atom. The van der Waals surface area contributed by atoms with E-state index in [0.717, 1.165) is 15.3 Å². The van der Waals surface area contributed by atoms with Gasteiger partial charge in [0.1, 0.15) is 6.61 Å². The van der Waals surface area contributed by atoms with Crippen LogP contribution in [0, 0.1) is 6.92 Å². The van der Waals surface area contributed by atoms with E-state index in [2.05, 4.69) is 5.32 Å². The van der Waals surface area contributed by atoms with Gasteiger partial charge in [0.25, 0.3) is 0 Å². The molecule has 1 N–H and O–H groups in total. The molecule has 0 aliphatic rings. The standard InChI is InChI=1S/C13H19F4NOS/c1-8(2)18-5-11-4-10(9(3)20-11)6-19-7-13(16,17)12(14)15/h4,8,12,18H,5-7H2,1-3H3. The van der Waals surface area contributed by atoms with Crippen molar-refractivity contribution in [3.05, 3.63) is 21.4 Å². The van der Waals surface area contributed by atoms with Crippen molar-refractivity contribution in [3.8, 4) is 0 Å². The first kappa shape index (κ1) is 17.4.